The monoisotopic (exact) mass is 960 g/mol. The van der Waals surface area contributed by atoms with Crippen molar-refractivity contribution in [3.05, 3.63) is 29.9 Å². The molecule has 6 fully saturated rings. The quantitative estimate of drug-likeness (QED) is 0.0662. The van der Waals surface area contributed by atoms with Crippen LogP contribution in [0.2, 0.25) is 0 Å². The first-order valence-corrected chi connectivity index (χ1v) is 25.2. The Morgan fingerprint density at radius 2 is 1.72 bits per heavy atom. The maximum absolute atomic E-state index is 14.2. The van der Waals surface area contributed by atoms with Gasteiger partial charge in [-0.05, 0) is 123 Å². The van der Waals surface area contributed by atoms with Gasteiger partial charge in [-0.2, -0.15) is 0 Å². The number of aliphatic carboxylic acids is 1. The van der Waals surface area contributed by atoms with Crippen molar-refractivity contribution in [1.29, 1.82) is 0 Å². The Labute approximate surface area is 399 Å². The van der Waals surface area contributed by atoms with Gasteiger partial charge in [0.25, 0.3) is 0 Å². The number of amides is 1. The molecule has 0 bridgehead atoms. The van der Waals surface area contributed by atoms with E-state index in [-0.39, 0.29) is 43.3 Å². The number of imidazole rings is 1. The van der Waals surface area contributed by atoms with Crippen LogP contribution in [-0.4, -0.2) is 157 Å². The van der Waals surface area contributed by atoms with Crippen LogP contribution in [0.1, 0.15) is 110 Å². The predicted molar refractivity (Wildman–Crippen MR) is 247 cm³/mol. The zero-order valence-electron chi connectivity index (χ0n) is 40.8. The summed E-state index contributed by atoms with van der Waals surface area (Å²) < 4.78 is 12.4. The van der Waals surface area contributed by atoms with E-state index in [0.717, 1.165) is 5.57 Å². The molecule has 4 saturated carbocycles. The third-order valence-corrected chi connectivity index (χ3v) is 20.7. The number of nitrogens with one attached hydrogen (secondary N) is 3. The molecular formula is C50H81N5O13. The van der Waals surface area contributed by atoms with Crippen LogP contribution in [0.4, 0.5) is 0 Å². The first kappa shape index (κ1) is 51.8. The van der Waals surface area contributed by atoms with Crippen molar-refractivity contribution < 1.29 is 65.0 Å². The van der Waals surface area contributed by atoms with Gasteiger partial charge in [0, 0.05) is 48.3 Å². The highest BCUT2D eigenvalue weighted by molar-refractivity contribution is 5.82. The number of aliphatic hydroxyl groups excluding tert-OH is 8. The molecule has 1 aromatic heterocycles. The van der Waals surface area contributed by atoms with Crippen molar-refractivity contribution in [1.82, 2.24) is 20.6 Å². The highest BCUT2D eigenvalue weighted by atomic mass is 16.7. The lowest BCUT2D eigenvalue weighted by Crippen LogP contribution is -2.72. The van der Waals surface area contributed by atoms with E-state index in [1.54, 1.807) is 19.6 Å². The normalized spacial score (nSPS) is 48.2. The summed E-state index contributed by atoms with van der Waals surface area (Å²) in [7, 11) is 1.77. The summed E-state index contributed by atoms with van der Waals surface area (Å²) in [6, 6.07) is -0.627. The minimum atomic E-state index is -1.67. The Morgan fingerprint density at radius 3 is 2.34 bits per heavy atom. The van der Waals surface area contributed by atoms with Gasteiger partial charge in [-0.15, -0.1) is 0 Å². The van der Waals surface area contributed by atoms with E-state index in [1.807, 2.05) is 6.92 Å². The average molecular weight is 960 g/mol. The Morgan fingerprint density at radius 1 is 1.00 bits per heavy atom. The number of aromatic nitrogens is 2. The van der Waals surface area contributed by atoms with E-state index in [2.05, 4.69) is 54.4 Å². The molecule has 68 heavy (non-hydrogen) atoms. The second-order valence-corrected chi connectivity index (χ2v) is 23.8. The zero-order valence-corrected chi connectivity index (χ0v) is 40.8. The maximum Gasteiger partial charge on any atom is 0.310 e. The number of hydrogen-bond donors (Lipinski definition) is 13. The molecule has 22 atom stereocenters. The van der Waals surface area contributed by atoms with Gasteiger partial charge in [0.05, 0.1) is 49.7 Å². The molecule has 5 aliphatic carbocycles. The predicted octanol–water partition coefficient (Wildman–Crippen LogP) is 0.962. The summed E-state index contributed by atoms with van der Waals surface area (Å²) in [4.78, 5) is 35.2. The molecule has 8 rings (SSSR count). The standard InChI is InChI=1S/C50H81N5O13/c1-45(22-57)11-13-50(44(65)66)14-12-47(3)29(31(50)17-45)7-8-35-48(47,4)10-9-34-46(2,23-58)40(68-43-39(62)38(61)33(59)21-67-43)37(60)30(49(34,35)5)16-26-28(20-56)42(64)55-36(26)27(32-19-53-24-54-32)15-25(18-52-6)41(51)63/h7,19,24-28,30-31,33-41,43,52,56-63H,8-18,20-23,51H2,1-6H3,(H,53,54)(H,55,64)(H,65,66)/t25-,26-,27-,28-,30+,31-,33+,34+,35-,36-,37+,38-,39+,40+,41-,43-,45-,46-,47+,48+,49-,50-/m0/s1. The van der Waals surface area contributed by atoms with Gasteiger partial charge in [0.1, 0.15) is 24.5 Å². The Balaban J connectivity index is 1.27. The van der Waals surface area contributed by atoms with E-state index in [4.69, 9.17) is 15.2 Å². The molecule has 0 aromatic carbocycles. The van der Waals surface area contributed by atoms with Crippen LogP contribution in [0.5, 0.6) is 0 Å². The first-order chi connectivity index (χ1) is 32.0. The lowest BCUT2D eigenvalue weighted by atomic mass is 9.31. The molecule has 7 aliphatic rings. The van der Waals surface area contributed by atoms with Crippen LogP contribution in [-0.2, 0) is 19.1 Å². The number of carboxylic acid groups (broad SMARTS) is 1. The number of carbonyl (C=O) groups excluding carboxylic acids is 1. The van der Waals surface area contributed by atoms with E-state index >= 15 is 0 Å². The number of fused-ring (bicyclic) bond motifs is 7. The number of H-pyrrole nitrogens is 1. The number of nitrogens with two attached hydrogens (primary N) is 1. The van der Waals surface area contributed by atoms with Crippen molar-refractivity contribution in [2.75, 3.05) is 40.0 Å². The largest absolute Gasteiger partial charge is 0.481 e. The smallest absolute Gasteiger partial charge is 0.310 e. The Bertz CT molecular complexity index is 2010. The van der Waals surface area contributed by atoms with Crippen LogP contribution in [0.25, 0.3) is 0 Å². The SMILES string of the molecule is CNC[C@H](C[C@@H](c1cnc[nH]1)[C@H]1NC(=O)[C@@H](CO)[C@@H]1C[C@@H]1[C@@H](O)[C@@H](O[C@@H]2OC[C@@H](O)[C@H](O)[C@H]2O)[C@@](C)(CO)[C@H]2CC[C@]3(C)[C@H](CC=C4[C@@H]5C[C@@](C)(CO)CC[C@]5(C(=O)O)CC[C@]43C)[C@@]12C)[C@@H](N)O. The highest BCUT2D eigenvalue weighted by Gasteiger charge is 2.74. The molecular weight excluding hydrogens is 879 g/mol. The second-order valence-electron chi connectivity index (χ2n) is 23.8. The Kier molecular flexibility index (Phi) is 14.3. The lowest BCUT2D eigenvalue weighted by molar-refractivity contribution is -0.340. The fraction of sp³-hybridized carbons (Fsp3) is 0.860. The molecule has 2 aliphatic heterocycles. The number of carboxylic acids is 1. The number of aliphatic hydroxyl groups is 8. The summed E-state index contributed by atoms with van der Waals surface area (Å²) in [5.41, 5.74) is 3.71. The van der Waals surface area contributed by atoms with E-state index in [9.17, 15) is 55.5 Å². The van der Waals surface area contributed by atoms with Crippen LogP contribution in [0.3, 0.4) is 0 Å². The van der Waals surface area contributed by atoms with E-state index in [0.29, 0.717) is 70.0 Å². The van der Waals surface area contributed by atoms with Crippen LogP contribution >= 0.6 is 0 Å². The molecule has 0 unspecified atom stereocenters. The topological polar surface area (TPSA) is 313 Å². The maximum atomic E-state index is 14.2. The lowest BCUT2D eigenvalue weighted by Gasteiger charge is -2.73. The molecule has 18 nitrogen and oxygen atoms in total. The van der Waals surface area contributed by atoms with Gasteiger partial charge < -0.3 is 76.8 Å². The van der Waals surface area contributed by atoms with Crippen molar-refractivity contribution in [2.24, 2.45) is 79.6 Å². The van der Waals surface area contributed by atoms with E-state index < -0.39 is 130 Å². The zero-order chi connectivity index (χ0) is 49.5. The number of nitrogens with zero attached hydrogens (tertiary/aromatic N) is 1. The van der Waals surface area contributed by atoms with Gasteiger partial charge in [-0.25, -0.2) is 4.98 Å². The fourth-order valence-corrected chi connectivity index (χ4v) is 16.5. The number of aromatic amines is 1. The minimum Gasteiger partial charge on any atom is -0.481 e. The van der Waals surface area contributed by atoms with Gasteiger partial charge in [0.2, 0.25) is 5.91 Å². The highest BCUT2D eigenvalue weighted by Crippen LogP contribution is 2.77. The number of hydrogen-bond acceptors (Lipinski definition) is 15. The molecule has 14 N–H and O–H groups in total. The van der Waals surface area contributed by atoms with Crippen molar-refractivity contribution in [2.45, 2.75) is 154 Å². The summed E-state index contributed by atoms with van der Waals surface area (Å²) in [6.07, 6.45) is 0.820. The van der Waals surface area contributed by atoms with Crippen LogP contribution in [0, 0.1) is 73.9 Å². The number of rotatable bonds is 15. The Hall–Kier alpha value is -2.59. The van der Waals surface area contributed by atoms with E-state index in [1.165, 1.54) is 0 Å². The van der Waals surface area contributed by atoms with Crippen LogP contribution in [0.15, 0.2) is 24.2 Å². The summed E-state index contributed by atoms with van der Waals surface area (Å²) in [5.74, 6) is -5.01. The molecule has 18 heteroatoms. The van der Waals surface area contributed by atoms with Gasteiger partial charge in [-0.1, -0.05) is 46.3 Å². The molecule has 0 spiro atoms. The number of allylic oxidation sites excluding steroid dienone is 2. The molecule has 3 heterocycles. The first-order valence-electron chi connectivity index (χ1n) is 25.2. The summed E-state index contributed by atoms with van der Waals surface area (Å²) in [6.45, 7) is 9.87. The van der Waals surface area contributed by atoms with Crippen molar-refractivity contribution in [3.63, 3.8) is 0 Å². The molecule has 0 radical (unpaired) electrons. The van der Waals surface area contributed by atoms with Crippen LogP contribution < -0.4 is 16.4 Å². The molecule has 1 aromatic rings. The third kappa shape index (κ3) is 7.85. The number of carbonyl (C=O) groups is 2. The minimum absolute atomic E-state index is 0.0353. The number of ether oxygens (including phenoxy) is 2. The molecule has 2 saturated heterocycles. The summed E-state index contributed by atoms with van der Waals surface area (Å²) >= 11 is 0. The fourth-order valence-electron chi connectivity index (χ4n) is 16.5. The van der Waals surface area contributed by atoms with Gasteiger partial charge in [0.15, 0.2) is 6.29 Å². The summed E-state index contributed by atoms with van der Waals surface area (Å²) in [5, 5.41) is 107. The van der Waals surface area contributed by atoms with Gasteiger partial charge in [-0.3, -0.25) is 9.59 Å². The second kappa shape index (κ2) is 18.8. The molecule has 384 valence electrons. The average Bonchev–Trinajstić information content (AvgIpc) is 3.95. The molecule has 1 amide bonds. The van der Waals surface area contributed by atoms with Crippen molar-refractivity contribution in [3.8, 4) is 0 Å². The third-order valence-electron chi connectivity index (χ3n) is 20.7. The van der Waals surface area contributed by atoms with Crippen molar-refractivity contribution >= 4 is 11.9 Å². The van der Waals surface area contributed by atoms with Gasteiger partial charge >= 0.3 is 5.97 Å².